The maximum absolute atomic E-state index is 6.68. The lowest BCUT2D eigenvalue weighted by Gasteiger charge is -2.34. The van der Waals surface area contributed by atoms with Gasteiger partial charge in [0.2, 0.25) is 0 Å². The Morgan fingerprint density at radius 1 is 1.35 bits per heavy atom. The van der Waals surface area contributed by atoms with Gasteiger partial charge in [0.15, 0.2) is 0 Å². The summed E-state index contributed by atoms with van der Waals surface area (Å²) in [7, 11) is 0. The van der Waals surface area contributed by atoms with Crippen LogP contribution < -0.4 is 5.73 Å². The fourth-order valence-electron chi connectivity index (χ4n) is 3.36. The van der Waals surface area contributed by atoms with Crippen LogP contribution in [0.15, 0.2) is 0 Å². The highest BCUT2D eigenvalue weighted by molar-refractivity contribution is 7.11. The number of thiazole rings is 1. The zero-order chi connectivity index (χ0) is 14.3. The molecular formula is C16H27N3S. The minimum Gasteiger partial charge on any atom is -0.319 e. The molecule has 2 heterocycles. The van der Waals surface area contributed by atoms with Crippen LogP contribution in [0.1, 0.15) is 62.0 Å². The van der Waals surface area contributed by atoms with Gasteiger partial charge in [-0.3, -0.25) is 4.90 Å². The molecule has 1 fully saturated rings. The molecule has 3 nitrogen and oxygen atoms in total. The summed E-state index contributed by atoms with van der Waals surface area (Å²) in [5.41, 5.74) is 7.87. The van der Waals surface area contributed by atoms with Crippen LogP contribution in [0.25, 0.3) is 0 Å². The van der Waals surface area contributed by atoms with E-state index < -0.39 is 0 Å². The summed E-state index contributed by atoms with van der Waals surface area (Å²) in [4.78, 5) is 8.93. The summed E-state index contributed by atoms with van der Waals surface area (Å²) >= 11 is 1.89. The molecule has 1 aromatic heterocycles. The molecule has 0 atom stereocenters. The Kier molecular flexibility index (Phi) is 3.91. The van der Waals surface area contributed by atoms with Gasteiger partial charge < -0.3 is 5.73 Å². The molecule has 20 heavy (non-hydrogen) atoms. The fourth-order valence-corrected chi connectivity index (χ4v) is 4.65. The van der Waals surface area contributed by atoms with Crippen LogP contribution in [-0.2, 0) is 18.5 Å². The van der Waals surface area contributed by atoms with Crippen LogP contribution in [0, 0.1) is 5.92 Å². The van der Waals surface area contributed by atoms with E-state index in [1.807, 2.05) is 11.3 Å². The molecule has 1 saturated carbocycles. The number of rotatable bonds is 2. The molecule has 2 N–H and O–H groups in total. The third-order valence-electron chi connectivity index (χ3n) is 5.08. The molecule has 1 aliphatic heterocycles. The Morgan fingerprint density at radius 2 is 2.05 bits per heavy atom. The lowest BCUT2D eigenvalue weighted by molar-refractivity contribution is 0.204. The van der Waals surface area contributed by atoms with E-state index in [9.17, 15) is 0 Å². The van der Waals surface area contributed by atoms with Crippen molar-refractivity contribution in [1.82, 2.24) is 9.88 Å². The van der Waals surface area contributed by atoms with Gasteiger partial charge in [-0.2, -0.15) is 0 Å². The maximum Gasteiger partial charge on any atom is 0.113 e. The van der Waals surface area contributed by atoms with Crippen molar-refractivity contribution in [3.63, 3.8) is 0 Å². The van der Waals surface area contributed by atoms with Gasteiger partial charge in [0, 0.05) is 30.4 Å². The van der Waals surface area contributed by atoms with Gasteiger partial charge in [0.1, 0.15) is 5.01 Å². The molecule has 112 valence electrons. The van der Waals surface area contributed by atoms with Gasteiger partial charge >= 0.3 is 0 Å². The van der Waals surface area contributed by atoms with Crippen molar-refractivity contribution >= 4 is 11.3 Å². The Hall–Kier alpha value is -0.450. The Balaban J connectivity index is 1.80. The predicted octanol–water partition coefficient (Wildman–Crippen LogP) is 3.27. The maximum atomic E-state index is 6.68. The van der Waals surface area contributed by atoms with Crippen molar-refractivity contribution < 1.29 is 0 Å². The summed E-state index contributed by atoms with van der Waals surface area (Å²) < 4.78 is 0. The van der Waals surface area contributed by atoms with E-state index in [1.54, 1.807) is 0 Å². The Bertz CT molecular complexity index is 472. The van der Waals surface area contributed by atoms with Crippen LogP contribution in [0.5, 0.6) is 0 Å². The van der Waals surface area contributed by atoms with E-state index in [0.29, 0.717) is 6.04 Å². The second-order valence-electron chi connectivity index (χ2n) is 7.04. The summed E-state index contributed by atoms with van der Waals surface area (Å²) in [5, 5.41) is 1.21. The third kappa shape index (κ3) is 2.66. The van der Waals surface area contributed by atoms with E-state index in [-0.39, 0.29) is 5.54 Å². The van der Waals surface area contributed by atoms with Crippen molar-refractivity contribution in [3.05, 3.63) is 15.6 Å². The van der Waals surface area contributed by atoms with Crippen molar-refractivity contribution in [2.75, 3.05) is 6.54 Å². The fraction of sp³-hybridized carbons (Fsp3) is 0.812. The van der Waals surface area contributed by atoms with Crippen LogP contribution in [0.3, 0.4) is 0 Å². The SMILES string of the molecule is CC1CCC(N)(c2nc3c(s2)CN(C(C)C)CC3)CC1. The van der Waals surface area contributed by atoms with E-state index in [2.05, 4.69) is 25.7 Å². The lowest BCUT2D eigenvalue weighted by Crippen LogP contribution is -2.40. The first-order valence-electron chi connectivity index (χ1n) is 8.00. The molecule has 1 aliphatic carbocycles. The van der Waals surface area contributed by atoms with Crippen molar-refractivity contribution in [2.24, 2.45) is 11.7 Å². The molecule has 1 aromatic rings. The second kappa shape index (κ2) is 5.39. The monoisotopic (exact) mass is 293 g/mol. The van der Waals surface area contributed by atoms with Crippen molar-refractivity contribution in [1.29, 1.82) is 0 Å². The molecular weight excluding hydrogens is 266 g/mol. The lowest BCUT2D eigenvalue weighted by atomic mass is 9.78. The Morgan fingerprint density at radius 3 is 2.70 bits per heavy atom. The third-order valence-corrected chi connectivity index (χ3v) is 6.39. The summed E-state index contributed by atoms with van der Waals surface area (Å²) in [6.07, 6.45) is 5.80. The van der Waals surface area contributed by atoms with Crippen LogP contribution in [-0.4, -0.2) is 22.5 Å². The molecule has 0 aromatic carbocycles. The van der Waals surface area contributed by atoms with E-state index in [0.717, 1.165) is 38.3 Å². The van der Waals surface area contributed by atoms with Crippen molar-refractivity contribution in [3.8, 4) is 0 Å². The van der Waals surface area contributed by atoms with E-state index in [1.165, 1.54) is 28.4 Å². The highest BCUT2D eigenvalue weighted by atomic mass is 32.1. The van der Waals surface area contributed by atoms with Crippen molar-refractivity contribution in [2.45, 2.75) is 71.0 Å². The molecule has 0 amide bonds. The predicted molar refractivity (Wildman–Crippen MR) is 84.9 cm³/mol. The summed E-state index contributed by atoms with van der Waals surface area (Å²) in [6.45, 7) is 9.10. The molecule has 0 spiro atoms. The van der Waals surface area contributed by atoms with E-state index in [4.69, 9.17) is 10.7 Å². The first-order valence-corrected chi connectivity index (χ1v) is 8.81. The normalized spacial score (nSPS) is 31.6. The van der Waals surface area contributed by atoms with Gasteiger partial charge in [-0.1, -0.05) is 6.92 Å². The van der Waals surface area contributed by atoms with Crippen LogP contribution >= 0.6 is 11.3 Å². The van der Waals surface area contributed by atoms with Crippen LogP contribution in [0.4, 0.5) is 0 Å². The van der Waals surface area contributed by atoms with Gasteiger partial charge in [-0.05, 0) is 45.4 Å². The molecule has 0 radical (unpaired) electrons. The largest absolute Gasteiger partial charge is 0.319 e. The summed E-state index contributed by atoms with van der Waals surface area (Å²) in [6, 6.07) is 0.621. The van der Waals surface area contributed by atoms with Gasteiger partial charge in [0.25, 0.3) is 0 Å². The number of nitrogens with zero attached hydrogens (tertiary/aromatic N) is 2. The Labute approximate surface area is 126 Å². The smallest absolute Gasteiger partial charge is 0.113 e. The number of hydrogen-bond donors (Lipinski definition) is 1. The molecule has 3 rings (SSSR count). The zero-order valence-corrected chi connectivity index (χ0v) is 13.8. The topological polar surface area (TPSA) is 42.1 Å². The highest BCUT2D eigenvalue weighted by Gasteiger charge is 2.36. The minimum absolute atomic E-state index is 0.142. The number of aromatic nitrogens is 1. The molecule has 0 unspecified atom stereocenters. The first-order chi connectivity index (χ1) is 9.48. The zero-order valence-electron chi connectivity index (χ0n) is 13.0. The molecule has 2 aliphatic rings. The number of fused-ring (bicyclic) bond motifs is 1. The highest BCUT2D eigenvalue weighted by Crippen LogP contribution is 2.40. The molecule has 4 heteroatoms. The van der Waals surface area contributed by atoms with Gasteiger partial charge in [-0.15, -0.1) is 11.3 Å². The summed E-state index contributed by atoms with van der Waals surface area (Å²) in [5.74, 6) is 0.831. The standard InChI is InChI=1S/C16H27N3S/c1-11(2)19-9-6-13-14(10-19)20-15(18-13)16(17)7-4-12(3)5-8-16/h11-12H,4-10,17H2,1-3H3. The molecule has 0 bridgehead atoms. The molecule has 0 saturated heterocycles. The number of hydrogen-bond acceptors (Lipinski definition) is 4. The van der Waals surface area contributed by atoms with Gasteiger partial charge in [0.05, 0.1) is 11.2 Å². The average molecular weight is 293 g/mol. The average Bonchev–Trinajstić information content (AvgIpc) is 2.86. The van der Waals surface area contributed by atoms with Crippen LogP contribution in [0.2, 0.25) is 0 Å². The minimum atomic E-state index is -0.142. The quantitative estimate of drug-likeness (QED) is 0.910. The van der Waals surface area contributed by atoms with E-state index >= 15 is 0 Å². The second-order valence-corrected chi connectivity index (χ2v) is 8.13. The first kappa shape index (κ1) is 14.5. The number of nitrogens with two attached hydrogens (primary N) is 1. The van der Waals surface area contributed by atoms with Gasteiger partial charge in [-0.25, -0.2) is 4.98 Å².